The number of hydrogen-bond donors (Lipinski definition) is 0. The fraction of sp³-hybridized carbons (Fsp3) is 0.429. The van der Waals surface area contributed by atoms with Crippen LogP contribution in [0.4, 0.5) is 5.69 Å². The molecule has 0 unspecified atom stereocenters. The van der Waals surface area contributed by atoms with E-state index in [0.717, 1.165) is 0 Å². The van der Waals surface area contributed by atoms with Crippen LogP contribution in [0.5, 0.6) is 0 Å². The largest absolute Gasteiger partial charge is 0.371 e. The Morgan fingerprint density at radius 3 is 2.62 bits per heavy atom. The Morgan fingerprint density at radius 1 is 1.12 bits per heavy atom. The average molecular weight is 214 g/mol. The Hall–Kier alpha value is -1.44. The number of nitrogens with zero attached hydrogens (tertiary/aromatic N) is 2. The summed E-state index contributed by atoms with van der Waals surface area (Å²) in [6.07, 6.45) is 4.88. The molecule has 1 saturated heterocycles. The Labute approximate surface area is 96.5 Å². The molecule has 2 heteroatoms. The molecule has 0 aliphatic carbocycles. The highest BCUT2D eigenvalue weighted by Gasteiger charge is 2.13. The minimum Gasteiger partial charge on any atom is -0.371 e. The quantitative estimate of drug-likeness (QED) is 0.708. The van der Waals surface area contributed by atoms with Gasteiger partial charge in [-0.1, -0.05) is 6.07 Å². The van der Waals surface area contributed by atoms with Gasteiger partial charge in [-0.25, -0.2) is 0 Å². The number of rotatable bonds is 1. The van der Waals surface area contributed by atoms with Gasteiger partial charge in [0.15, 0.2) is 0 Å². The van der Waals surface area contributed by atoms with Gasteiger partial charge in [0.25, 0.3) is 0 Å². The highest BCUT2D eigenvalue weighted by atomic mass is 15.1. The third-order valence-electron chi connectivity index (χ3n) is 3.64. The fourth-order valence-electron chi connectivity index (χ4n) is 2.75. The van der Waals surface area contributed by atoms with Crippen LogP contribution in [0.15, 0.2) is 24.4 Å². The standard InChI is InChI=1S/C14H18N2/c1-11-10-15(2)14-9-12(5-6-13(11)14)16-7-3-4-8-16/h5-6,9-10H,3-4,7-8H2,1-2H3. The van der Waals surface area contributed by atoms with Gasteiger partial charge in [-0.2, -0.15) is 0 Å². The van der Waals surface area contributed by atoms with E-state index in [2.05, 4.69) is 47.8 Å². The summed E-state index contributed by atoms with van der Waals surface area (Å²) in [6.45, 7) is 4.61. The summed E-state index contributed by atoms with van der Waals surface area (Å²) in [7, 11) is 2.13. The molecule has 1 aromatic carbocycles. The summed E-state index contributed by atoms with van der Waals surface area (Å²) in [5.74, 6) is 0. The van der Waals surface area contributed by atoms with Gasteiger partial charge in [0.05, 0.1) is 5.52 Å². The monoisotopic (exact) mass is 214 g/mol. The zero-order valence-corrected chi connectivity index (χ0v) is 10.0. The molecule has 84 valence electrons. The molecule has 0 atom stereocenters. The number of aromatic nitrogens is 1. The molecule has 0 saturated carbocycles. The van der Waals surface area contributed by atoms with Crippen molar-refractivity contribution >= 4 is 16.6 Å². The molecule has 0 spiro atoms. The first-order valence-corrected chi connectivity index (χ1v) is 6.06. The average Bonchev–Trinajstić information content (AvgIpc) is 2.88. The number of anilines is 1. The van der Waals surface area contributed by atoms with Gasteiger partial charge in [0.2, 0.25) is 0 Å². The van der Waals surface area contributed by atoms with Crippen molar-refractivity contribution in [3.05, 3.63) is 30.0 Å². The highest BCUT2D eigenvalue weighted by Crippen LogP contribution is 2.27. The van der Waals surface area contributed by atoms with Crippen molar-refractivity contribution in [2.45, 2.75) is 19.8 Å². The van der Waals surface area contributed by atoms with E-state index in [9.17, 15) is 0 Å². The van der Waals surface area contributed by atoms with Crippen LogP contribution in [-0.2, 0) is 7.05 Å². The van der Waals surface area contributed by atoms with Crippen LogP contribution in [0.1, 0.15) is 18.4 Å². The van der Waals surface area contributed by atoms with E-state index in [0.29, 0.717) is 0 Å². The zero-order chi connectivity index (χ0) is 11.1. The minimum absolute atomic E-state index is 1.22. The lowest BCUT2D eigenvalue weighted by atomic mass is 10.1. The Balaban J connectivity index is 2.11. The lowest BCUT2D eigenvalue weighted by Gasteiger charge is -2.17. The molecule has 3 rings (SSSR count). The van der Waals surface area contributed by atoms with E-state index in [4.69, 9.17) is 0 Å². The van der Waals surface area contributed by atoms with E-state index < -0.39 is 0 Å². The van der Waals surface area contributed by atoms with Crippen molar-refractivity contribution in [2.75, 3.05) is 18.0 Å². The van der Waals surface area contributed by atoms with Crippen molar-refractivity contribution in [3.8, 4) is 0 Å². The predicted molar refractivity (Wildman–Crippen MR) is 69.1 cm³/mol. The smallest absolute Gasteiger partial charge is 0.0501 e. The van der Waals surface area contributed by atoms with Crippen LogP contribution in [0.2, 0.25) is 0 Å². The molecule has 1 aliphatic heterocycles. The van der Waals surface area contributed by atoms with Gasteiger partial charge in [-0.3, -0.25) is 0 Å². The second kappa shape index (κ2) is 3.55. The summed E-state index contributed by atoms with van der Waals surface area (Å²) in [6, 6.07) is 6.85. The lowest BCUT2D eigenvalue weighted by Crippen LogP contribution is -2.17. The topological polar surface area (TPSA) is 8.17 Å². The van der Waals surface area contributed by atoms with Crippen molar-refractivity contribution < 1.29 is 0 Å². The van der Waals surface area contributed by atoms with Crippen LogP contribution in [0, 0.1) is 6.92 Å². The molecule has 1 aromatic heterocycles. The number of fused-ring (bicyclic) bond motifs is 1. The van der Waals surface area contributed by atoms with E-state index in [1.165, 1.54) is 48.1 Å². The minimum atomic E-state index is 1.22. The summed E-state index contributed by atoms with van der Waals surface area (Å²) in [5, 5.41) is 1.38. The molecule has 16 heavy (non-hydrogen) atoms. The fourth-order valence-corrected chi connectivity index (χ4v) is 2.75. The first-order valence-electron chi connectivity index (χ1n) is 6.06. The van der Waals surface area contributed by atoms with Gasteiger partial charge in [0, 0.05) is 37.4 Å². The van der Waals surface area contributed by atoms with Crippen LogP contribution in [0.3, 0.4) is 0 Å². The van der Waals surface area contributed by atoms with Gasteiger partial charge in [-0.05, 0) is 37.5 Å². The van der Waals surface area contributed by atoms with Crippen LogP contribution in [-0.4, -0.2) is 17.7 Å². The maximum Gasteiger partial charge on any atom is 0.0501 e. The molecule has 1 aliphatic rings. The second-order valence-corrected chi connectivity index (χ2v) is 4.82. The third kappa shape index (κ3) is 1.41. The Bertz CT molecular complexity index is 519. The number of hydrogen-bond acceptors (Lipinski definition) is 1. The van der Waals surface area contributed by atoms with Crippen LogP contribution < -0.4 is 4.90 Å². The molecule has 0 radical (unpaired) electrons. The van der Waals surface area contributed by atoms with E-state index in [-0.39, 0.29) is 0 Å². The van der Waals surface area contributed by atoms with Gasteiger partial charge in [-0.15, -0.1) is 0 Å². The van der Waals surface area contributed by atoms with Gasteiger partial charge < -0.3 is 9.47 Å². The van der Waals surface area contributed by atoms with Crippen molar-refractivity contribution in [3.63, 3.8) is 0 Å². The maximum atomic E-state index is 2.49. The molecule has 2 aromatic rings. The van der Waals surface area contributed by atoms with E-state index >= 15 is 0 Å². The molecule has 0 amide bonds. The summed E-state index contributed by atoms with van der Waals surface area (Å²) < 4.78 is 2.23. The summed E-state index contributed by atoms with van der Waals surface area (Å²) in [5.41, 5.74) is 4.10. The van der Waals surface area contributed by atoms with Crippen molar-refractivity contribution in [1.29, 1.82) is 0 Å². The van der Waals surface area contributed by atoms with E-state index in [1.54, 1.807) is 0 Å². The first kappa shape index (κ1) is 9.76. The SMILES string of the molecule is Cc1cn(C)c2cc(N3CCCC3)ccc12. The van der Waals surface area contributed by atoms with Crippen molar-refractivity contribution in [2.24, 2.45) is 7.05 Å². The Morgan fingerprint density at radius 2 is 1.88 bits per heavy atom. The molecule has 1 fully saturated rings. The first-order chi connectivity index (χ1) is 7.75. The van der Waals surface area contributed by atoms with Crippen LogP contribution in [0.25, 0.3) is 10.9 Å². The molecule has 0 N–H and O–H groups in total. The molecular formula is C14H18N2. The summed E-state index contributed by atoms with van der Waals surface area (Å²) >= 11 is 0. The number of benzene rings is 1. The molecule has 2 heterocycles. The molecule has 2 nitrogen and oxygen atoms in total. The Kier molecular flexibility index (Phi) is 2.16. The second-order valence-electron chi connectivity index (χ2n) is 4.82. The van der Waals surface area contributed by atoms with Gasteiger partial charge >= 0.3 is 0 Å². The lowest BCUT2D eigenvalue weighted by molar-refractivity contribution is 0.949. The van der Waals surface area contributed by atoms with Crippen molar-refractivity contribution in [1.82, 2.24) is 4.57 Å². The zero-order valence-electron chi connectivity index (χ0n) is 10.0. The molecule has 0 bridgehead atoms. The number of aryl methyl sites for hydroxylation is 2. The van der Waals surface area contributed by atoms with Gasteiger partial charge in [0.1, 0.15) is 0 Å². The molecular weight excluding hydrogens is 196 g/mol. The maximum absolute atomic E-state index is 2.49. The van der Waals surface area contributed by atoms with Crippen LogP contribution >= 0.6 is 0 Å². The van der Waals surface area contributed by atoms with E-state index in [1.807, 2.05) is 0 Å². The highest BCUT2D eigenvalue weighted by molar-refractivity contribution is 5.86. The summed E-state index contributed by atoms with van der Waals surface area (Å²) in [4.78, 5) is 2.49. The predicted octanol–water partition coefficient (Wildman–Crippen LogP) is 3.09. The third-order valence-corrected chi connectivity index (χ3v) is 3.64. The normalized spacial score (nSPS) is 16.2.